The molecule has 2 aromatic carbocycles. The fraction of sp³-hybridized carbons (Fsp3) is 0.278. The molecule has 4 heteroatoms. The second kappa shape index (κ2) is 7.50. The summed E-state index contributed by atoms with van der Waals surface area (Å²) in [6.07, 6.45) is 1.06. The Hall–Kier alpha value is -2.49. The molecule has 22 heavy (non-hydrogen) atoms. The molecule has 2 N–H and O–H groups in total. The van der Waals surface area contributed by atoms with Crippen molar-refractivity contribution in [1.82, 2.24) is 0 Å². The predicted molar refractivity (Wildman–Crippen MR) is 90.8 cm³/mol. The Morgan fingerprint density at radius 1 is 1.14 bits per heavy atom. The summed E-state index contributed by atoms with van der Waals surface area (Å²) in [5.74, 6) is 0.516. The normalized spacial score (nSPS) is 11.6. The van der Waals surface area contributed by atoms with E-state index in [2.05, 4.69) is 24.5 Å². The van der Waals surface area contributed by atoms with Crippen LogP contribution in [-0.2, 0) is 0 Å². The molecule has 1 amide bonds. The minimum Gasteiger partial charge on any atom is -0.497 e. The average molecular weight is 298 g/mol. The van der Waals surface area contributed by atoms with Crippen LogP contribution in [0, 0.1) is 0 Å². The molecule has 1 atom stereocenters. The topological polar surface area (TPSA) is 50.4 Å². The summed E-state index contributed by atoms with van der Waals surface area (Å²) in [6, 6.07) is 15.2. The second-order valence-electron chi connectivity index (χ2n) is 5.22. The second-order valence-corrected chi connectivity index (χ2v) is 5.22. The number of hydrogen-bond donors (Lipinski definition) is 2. The van der Waals surface area contributed by atoms with Gasteiger partial charge in [-0.2, -0.15) is 0 Å². The van der Waals surface area contributed by atoms with Gasteiger partial charge < -0.3 is 15.4 Å². The van der Waals surface area contributed by atoms with Gasteiger partial charge in [-0.15, -0.1) is 0 Å². The summed E-state index contributed by atoms with van der Waals surface area (Å²) in [6.45, 7) is 4.28. The quantitative estimate of drug-likeness (QED) is 0.842. The van der Waals surface area contributed by atoms with Crippen LogP contribution in [-0.4, -0.2) is 19.1 Å². The first-order chi connectivity index (χ1) is 10.6. The lowest BCUT2D eigenvalue weighted by atomic mass is 10.2. The minimum atomic E-state index is -0.151. The third kappa shape index (κ3) is 4.25. The van der Waals surface area contributed by atoms with E-state index in [-0.39, 0.29) is 5.91 Å². The standard InChI is InChI=1S/C18H22N2O2/c1-4-13(2)19-15-8-10-16(11-9-15)20-18(21)14-6-5-7-17(12-14)22-3/h5-13,19H,4H2,1-3H3,(H,20,21). The number of hydrogen-bond acceptors (Lipinski definition) is 3. The van der Waals surface area contributed by atoms with Gasteiger partial charge in [0.1, 0.15) is 5.75 Å². The van der Waals surface area contributed by atoms with Crippen LogP contribution >= 0.6 is 0 Å². The first-order valence-electron chi connectivity index (χ1n) is 7.44. The highest BCUT2D eigenvalue weighted by Gasteiger charge is 2.07. The largest absolute Gasteiger partial charge is 0.497 e. The lowest BCUT2D eigenvalue weighted by molar-refractivity contribution is 0.102. The number of benzene rings is 2. The Bertz CT molecular complexity index is 623. The fourth-order valence-electron chi connectivity index (χ4n) is 2.00. The third-order valence-electron chi connectivity index (χ3n) is 3.50. The monoisotopic (exact) mass is 298 g/mol. The van der Waals surface area contributed by atoms with Gasteiger partial charge in [-0.1, -0.05) is 13.0 Å². The summed E-state index contributed by atoms with van der Waals surface area (Å²) in [5, 5.41) is 6.27. The highest BCUT2D eigenvalue weighted by atomic mass is 16.5. The number of amides is 1. The van der Waals surface area contributed by atoms with Crippen LogP contribution in [0.3, 0.4) is 0 Å². The van der Waals surface area contributed by atoms with Gasteiger partial charge in [0.05, 0.1) is 7.11 Å². The lowest BCUT2D eigenvalue weighted by Gasteiger charge is -2.13. The van der Waals surface area contributed by atoms with Crippen LogP contribution in [0.4, 0.5) is 11.4 Å². The zero-order valence-electron chi connectivity index (χ0n) is 13.2. The Morgan fingerprint density at radius 3 is 2.45 bits per heavy atom. The molecule has 0 radical (unpaired) electrons. The molecule has 4 nitrogen and oxygen atoms in total. The van der Waals surface area contributed by atoms with E-state index in [1.807, 2.05) is 30.3 Å². The van der Waals surface area contributed by atoms with Crippen molar-refractivity contribution in [2.75, 3.05) is 17.7 Å². The van der Waals surface area contributed by atoms with E-state index in [9.17, 15) is 4.79 Å². The lowest BCUT2D eigenvalue weighted by Crippen LogP contribution is -2.14. The average Bonchev–Trinajstić information content (AvgIpc) is 2.56. The first-order valence-corrected chi connectivity index (χ1v) is 7.44. The molecule has 2 rings (SSSR count). The summed E-state index contributed by atoms with van der Waals surface area (Å²) in [5.41, 5.74) is 2.39. The number of methoxy groups -OCH3 is 1. The number of nitrogens with one attached hydrogen (secondary N) is 2. The minimum absolute atomic E-state index is 0.151. The molecule has 2 aromatic rings. The number of rotatable bonds is 6. The van der Waals surface area contributed by atoms with Gasteiger partial charge in [0.15, 0.2) is 0 Å². The zero-order valence-corrected chi connectivity index (χ0v) is 13.2. The van der Waals surface area contributed by atoms with E-state index in [4.69, 9.17) is 4.74 Å². The van der Waals surface area contributed by atoms with Gasteiger partial charge in [-0.3, -0.25) is 4.79 Å². The molecule has 0 saturated heterocycles. The van der Waals surface area contributed by atoms with Crippen molar-refractivity contribution in [3.05, 3.63) is 54.1 Å². The van der Waals surface area contributed by atoms with Gasteiger partial charge in [0.2, 0.25) is 0 Å². The van der Waals surface area contributed by atoms with Crippen molar-refractivity contribution in [3.8, 4) is 5.75 Å². The Morgan fingerprint density at radius 2 is 1.82 bits per heavy atom. The van der Waals surface area contributed by atoms with E-state index in [1.54, 1.807) is 25.3 Å². The molecule has 0 aromatic heterocycles. The van der Waals surface area contributed by atoms with Crippen LogP contribution in [0.2, 0.25) is 0 Å². The Balaban J connectivity index is 2.02. The molecule has 0 saturated carbocycles. The smallest absolute Gasteiger partial charge is 0.255 e. The molecule has 1 unspecified atom stereocenters. The van der Waals surface area contributed by atoms with Crippen molar-refractivity contribution in [2.45, 2.75) is 26.3 Å². The van der Waals surface area contributed by atoms with Crippen LogP contribution in [0.25, 0.3) is 0 Å². The van der Waals surface area contributed by atoms with Gasteiger partial charge >= 0.3 is 0 Å². The molecule has 0 heterocycles. The molecule has 0 aliphatic rings. The highest BCUT2D eigenvalue weighted by molar-refractivity contribution is 6.04. The molecular formula is C18H22N2O2. The maximum atomic E-state index is 12.2. The van der Waals surface area contributed by atoms with E-state index >= 15 is 0 Å². The highest BCUT2D eigenvalue weighted by Crippen LogP contribution is 2.17. The molecule has 0 bridgehead atoms. The summed E-state index contributed by atoms with van der Waals surface area (Å²) >= 11 is 0. The summed E-state index contributed by atoms with van der Waals surface area (Å²) < 4.78 is 5.13. The SMILES string of the molecule is CCC(C)Nc1ccc(NC(=O)c2cccc(OC)c2)cc1. The first kappa shape index (κ1) is 15.9. The Kier molecular flexibility index (Phi) is 5.42. The van der Waals surface area contributed by atoms with Crippen LogP contribution in [0.5, 0.6) is 5.75 Å². The molecule has 116 valence electrons. The van der Waals surface area contributed by atoms with E-state index in [0.29, 0.717) is 17.4 Å². The van der Waals surface area contributed by atoms with Gasteiger partial charge in [-0.25, -0.2) is 0 Å². The van der Waals surface area contributed by atoms with Crippen molar-refractivity contribution < 1.29 is 9.53 Å². The van der Waals surface area contributed by atoms with Crippen LogP contribution < -0.4 is 15.4 Å². The summed E-state index contributed by atoms with van der Waals surface area (Å²) in [7, 11) is 1.58. The van der Waals surface area contributed by atoms with Gasteiger partial charge in [0, 0.05) is 23.0 Å². The fourth-order valence-corrected chi connectivity index (χ4v) is 2.00. The molecule has 0 aliphatic carbocycles. The van der Waals surface area contributed by atoms with Crippen LogP contribution in [0.15, 0.2) is 48.5 Å². The number of carbonyl (C=O) groups excluding carboxylic acids is 1. The number of ether oxygens (including phenoxy) is 1. The number of anilines is 2. The van der Waals surface area contributed by atoms with E-state index < -0.39 is 0 Å². The van der Waals surface area contributed by atoms with E-state index in [1.165, 1.54) is 0 Å². The molecular weight excluding hydrogens is 276 g/mol. The van der Waals surface area contributed by atoms with Crippen LogP contribution in [0.1, 0.15) is 30.6 Å². The maximum Gasteiger partial charge on any atom is 0.255 e. The van der Waals surface area contributed by atoms with Gasteiger partial charge in [-0.05, 0) is 55.8 Å². The maximum absolute atomic E-state index is 12.2. The van der Waals surface area contributed by atoms with Gasteiger partial charge in [0.25, 0.3) is 5.91 Å². The van der Waals surface area contributed by atoms with Crippen molar-refractivity contribution in [2.24, 2.45) is 0 Å². The summed E-state index contributed by atoms with van der Waals surface area (Å²) in [4.78, 5) is 12.2. The molecule has 0 aliphatic heterocycles. The number of carbonyl (C=O) groups is 1. The molecule has 0 fully saturated rings. The third-order valence-corrected chi connectivity index (χ3v) is 3.50. The van der Waals surface area contributed by atoms with Crippen molar-refractivity contribution >= 4 is 17.3 Å². The molecule has 0 spiro atoms. The van der Waals surface area contributed by atoms with Crippen molar-refractivity contribution in [3.63, 3.8) is 0 Å². The Labute approximate surface area is 131 Å². The van der Waals surface area contributed by atoms with Crippen molar-refractivity contribution in [1.29, 1.82) is 0 Å². The predicted octanol–water partition coefficient (Wildman–Crippen LogP) is 4.16. The zero-order chi connectivity index (χ0) is 15.9. The van der Waals surface area contributed by atoms with E-state index in [0.717, 1.165) is 17.8 Å².